The van der Waals surface area contributed by atoms with E-state index in [2.05, 4.69) is 34.3 Å². The fourth-order valence-corrected chi connectivity index (χ4v) is 5.31. The van der Waals surface area contributed by atoms with E-state index in [1.807, 2.05) is 17.4 Å². The van der Waals surface area contributed by atoms with Gasteiger partial charge in [-0.1, -0.05) is 31.2 Å². The van der Waals surface area contributed by atoms with E-state index in [1.54, 1.807) is 19.0 Å². The second kappa shape index (κ2) is 8.39. The van der Waals surface area contributed by atoms with Gasteiger partial charge in [0.05, 0.1) is 10.6 Å². The van der Waals surface area contributed by atoms with Crippen molar-refractivity contribution in [2.75, 3.05) is 19.8 Å². The minimum absolute atomic E-state index is 0.0712. The Morgan fingerprint density at radius 2 is 2.31 bits per heavy atom. The maximum Gasteiger partial charge on any atom is 0.232 e. The summed E-state index contributed by atoms with van der Waals surface area (Å²) >= 11 is 3.27. The van der Waals surface area contributed by atoms with Gasteiger partial charge in [-0.3, -0.25) is 9.36 Å². The first-order valence-electron chi connectivity index (χ1n) is 9.02. The van der Waals surface area contributed by atoms with Crippen molar-refractivity contribution < 1.29 is 4.79 Å². The van der Waals surface area contributed by atoms with Crippen LogP contribution in [0.15, 0.2) is 23.9 Å². The molecule has 0 N–H and O–H groups in total. The van der Waals surface area contributed by atoms with E-state index in [0.29, 0.717) is 12.3 Å². The number of rotatable bonds is 7. The zero-order valence-corrected chi connectivity index (χ0v) is 17.3. The molecule has 0 aliphatic heterocycles. The third kappa shape index (κ3) is 4.04. The molecule has 1 aliphatic rings. The minimum Gasteiger partial charge on any atom is -0.348 e. The molecule has 2 aromatic heterocycles. The Morgan fingerprint density at radius 1 is 1.50 bits per heavy atom. The standard InChI is InChI=1S/C19H26N4OS2/c1-5-9-23-18(20-21-19(23)25-12-17(24)22(3)4)16-11-14-10-13(6-2)7-8-15(14)26-16/h5,11,13H,1,6-10,12H2,2-4H3/t13-/m1/s1. The minimum atomic E-state index is 0.0712. The molecular weight excluding hydrogens is 364 g/mol. The van der Waals surface area contributed by atoms with Gasteiger partial charge in [-0.15, -0.1) is 28.1 Å². The molecular formula is C19H26N4OS2. The van der Waals surface area contributed by atoms with Crippen molar-refractivity contribution in [1.29, 1.82) is 0 Å². The van der Waals surface area contributed by atoms with Gasteiger partial charge < -0.3 is 4.90 Å². The van der Waals surface area contributed by atoms with Gasteiger partial charge >= 0.3 is 0 Å². The Hall–Kier alpha value is -1.60. The molecule has 140 valence electrons. The molecule has 0 unspecified atom stereocenters. The summed E-state index contributed by atoms with van der Waals surface area (Å²) in [6.07, 6.45) is 6.74. The second-order valence-electron chi connectivity index (χ2n) is 6.86. The molecule has 2 heterocycles. The van der Waals surface area contributed by atoms with Crippen LogP contribution >= 0.6 is 23.1 Å². The number of hydrogen-bond donors (Lipinski definition) is 0. The first-order chi connectivity index (χ1) is 12.5. The highest BCUT2D eigenvalue weighted by Gasteiger charge is 2.23. The van der Waals surface area contributed by atoms with Crippen LogP contribution < -0.4 is 0 Å². The molecule has 1 atom stereocenters. The summed E-state index contributed by atoms with van der Waals surface area (Å²) in [7, 11) is 3.53. The lowest BCUT2D eigenvalue weighted by molar-refractivity contribution is -0.125. The number of thiophene rings is 1. The molecule has 1 amide bonds. The maximum atomic E-state index is 11.9. The molecule has 0 spiro atoms. The van der Waals surface area contributed by atoms with Crippen LogP contribution in [-0.2, 0) is 24.2 Å². The summed E-state index contributed by atoms with van der Waals surface area (Å²) in [5, 5.41) is 9.56. The number of amides is 1. The number of aryl methyl sites for hydroxylation is 1. The molecule has 0 radical (unpaired) electrons. The second-order valence-corrected chi connectivity index (χ2v) is 8.94. The average molecular weight is 391 g/mol. The lowest BCUT2D eigenvalue weighted by Gasteiger charge is -2.19. The van der Waals surface area contributed by atoms with Gasteiger partial charge in [-0.25, -0.2) is 0 Å². The van der Waals surface area contributed by atoms with Crippen LogP contribution in [0.3, 0.4) is 0 Å². The predicted molar refractivity (Wildman–Crippen MR) is 109 cm³/mol. The van der Waals surface area contributed by atoms with Crippen molar-refractivity contribution in [3.05, 3.63) is 29.2 Å². The molecule has 0 bridgehead atoms. The Bertz CT molecular complexity index is 794. The number of carbonyl (C=O) groups is 1. The first-order valence-corrected chi connectivity index (χ1v) is 10.8. The molecule has 5 nitrogen and oxygen atoms in total. The quantitative estimate of drug-likeness (QED) is 0.532. The SMILES string of the molecule is C=CCn1c(SCC(=O)N(C)C)nnc1-c1cc2c(s1)CC[C@@H](CC)C2. The van der Waals surface area contributed by atoms with Crippen molar-refractivity contribution >= 4 is 29.0 Å². The van der Waals surface area contributed by atoms with Crippen LogP contribution in [0.25, 0.3) is 10.7 Å². The van der Waals surface area contributed by atoms with Crippen LogP contribution in [0.1, 0.15) is 30.2 Å². The Balaban J connectivity index is 1.85. The molecule has 0 aromatic carbocycles. The molecule has 2 aromatic rings. The summed E-state index contributed by atoms with van der Waals surface area (Å²) in [4.78, 5) is 16.1. The highest BCUT2D eigenvalue weighted by molar-refractivity contribution is 7.99. The first kappa shape index (κ1) is 19.2. The highest BCUT2D eigenvalue weighted by atomic mass is 32.2. The van der Waals surface area contributed by atoms with E-state index < -0.39 is 0 Å². The summed E-state index contributed by atoms with van der Waals surface area (Å²) < 4.78 is 2.06. The number of nitrogens with zero attached hydrogens (tertiary/aromatic N) is 4. The van der Waals surface area contributed by atoms with Gasteiger partial charge in [-0.2, -0.15) is 0 Å². The molecule has 3 rings (SSSR count). The molecule has 0 saturated carbocycles. The smallest absolute Gasteiger partial charge is 0.232 e. The fraction of sp³-hybridized carbons (Fsp3) is 0.526. The lowest BCUT2D eigenvalue weighted by Crippen LogP contribution is -2.23. The van der Waals surface area contributed by atoms with E-state index in [9.17, 15) is 4.79 Å². The number of thioether (sulfide) groups is 1. The topological polar surface area (TPSA) is 51.0 Å². The highest BCUT2D eigenvalue weighted by Crippen LogP contribution is 2.38. The zero-order valence-electron chi connectivity index (χ0n) is 15.7. The monoisotopic (exact) mass is 390 g/mol. The van der Waals surface area contributed by atoms with Crippen LogP contribution in [0.5, 0.6) is 0 Å². The zero-order chi connectivity index (χ0) is 18.7. The molecule has 7 heteroatoms. The number of fused-ring (bicyclic) bond motifs is 1. The predicted octanol–water partition coefficient (Wildman–Crippen LogP) is 3.89. The van der Waals surface area contributed by atoms with Crippen LogP contribution in [0.4, 0.5) is 0 Å². The van der Waals surface area contributed by atoms with Crippen molar-refractivity contribution in [3.63, 3.8) is 0 Å². The van der Waals surface area contributed by atoms with Gasteiger partial charge in [0, 0.05) is 25.5 Å². The van der Waals surface area contributed by atoms with Crippen molar-refractivity contribution in [3.8, 4) is 10.7 Å². The van der Waals surface area contributed by atoms with Gasteiger partial charge in [0.15, 0.2) is 11.0 Å². The Labute approximate surface area is 163 Å². The van der Waals surface area contributed by atoms with Gasteiger partial charge in [-0.05, 0) is 36.8 Å². The third-order valence-corrected chi connectivity index (χ3v) is 7.02. The largest absolute Gasteiger partial charge is 0.348 e. The lowest BCUT2D eigenvalue weighted by atomic mass is 9.87. The maximum absolute atomic E-state index is 11.9. The molecule has 1 aliphatic carbocycles. The number of allylic oxidation sites excluding steroid dienone is 1. The van der Waals surface area contributed by atoms with Crippen molar-refractivity contribution in [2.24, 2.45) is 5.92 Å². The van der Waals surface area contributed by atoms with E-state index in [1.165, 1.54) is 52.8 Å². The summed E-state index contributed by atoms with van der Waals surface area (Å²) in [5.41, 5.74) is 1.48. The number of hydrogen-bond acceptors (Lipinski definition) is 5. The molecule has 0 fully saturated rings. The van der Waals surface area contributed by atoms with Gasteiger partial charge in [0.2, 0.25) is 5.91 Å². The number of carbonyl (C=O) groups excluding carboxylic acids is 1. The van der Waals surface area contributed by atoms with Crippen molar-refractivity contribution in [2.45, 2.75) is 44.3 Å². The normalized spacial score (nSPS) is 16.3. The summed E-state index contributed by atoms with van der Waals surface area (Å²) in [6, 6.07) is 2.30. The van der Waals surface area contributed by atoms with Gasteiger partial charge in [0.25, 0.3) is 0 Å². The fourth-order valence-electron chi connectivity index (χ4n) is 3.18. The summed E-state index contributed by atoms with van der Waals surface area (Å²) in [5.74, 6) is 2.12. The Morgan fingerprint density at radius 3 is 3.00 bits per heavy atom. The van der Waals surface area contributed by atoms with Crippen LogP contribution in [-0.4, -0.2) is 45.4 Å². The number of aromatic nitrogens is 3. The average Bonchev–Trinajstić information content (AvgIpc) is 3.22. The van der Waals surface area contributed by atoms with E-state index in [0.717, 1.165) is 16.9 Å². The Kier molecular flexibility index (Phi) is 6.19. The van der Waals surface area contributed by atoms with Gasteiger partial charge in [0.1, 0.15) is 0 Å². The van der Waals surface area contributed by atoms with E-state index in [4.69, 9.17) is 0 Å². The van der Waals surface area contributed by atoms with E-state index in [-0.39, 0.29) is 5.91 Å². The van der Waals surface area contributed by atoms with E-state index >= 15 is 0 Å². The summed E-state index contributed by atoms with van der Waals surface area (Å²) in [6.45, 7) is 6.78. The molecule has 26 heavy (non-hydrogen) atoms. The van der Waals surface area contributed by atoms with Crippen LogP contribution in [0, 0.1) is 5.92 Å². The van der Waals surface area contributed by atoms with Crippen LogP contribution in [0.2, 0.25) is 0 Å². The molecule has 0 saturated heterocycles. The third-order valence-electron chi connectivity index (χ3n) is 4.83. The van der Waals surface area contributed by atoms with Crippen molar-refractivity contribution in [1.82, 2.24) is 19.7 Å².